The second kappa shape index (κ2) is 7.59. The molecule has 24 heavy (non-hydrogen) atoms. The number of aromatic nitrogens is 3. The van der Waals surface area contributed by atoms with Crippen LogP contribution in [0.5, 0.6) is 5.88 Å². The van der Waals surface area contributed by atoms with Crippen molar-refractivity contribution in [2.75, 3.05) is 14.2 Å². The van der Waals surface area contributed by atoms with Gasteiger partial charge in [-0.15, -0.1) is 0 Å². The summed E-state index contributed by atoms with van der Waals surface area (Å²) in [4.78, 5) is 23.8. The molecule has 3 rings (SSSR count). The van der Waals surface area contributed by atoms with Crippen molar-refractivity contribution in [1.29, 1.82) is 0 Å². The molecule has 6 nitrogen and oxygen atoms in total. The monoisotopic (exact) mass is 327 g/mol. The van der Waals surface area contributed by atoms with E-state index in [0.29, 0.717) is 22.8 Å². The lowest BCUT2D eigenvalue weighted by atomic mass is 10.1. The summed E-state index contributed by atoms with van der Waals surface area (Å²) in [6.45, 7) is 5.95. The molecule has 0 aliphatic carbocycles. The average Bonchev–Trinajstić information content (AvgIpc) is 3.05. The molecule has 0 spiro atoms. The Morgan fingerprint density at radius 3 is 2.58 bits per heavy atom. The van der Waals surface area contributed by atoms with E-state index in [9.17, 15) is 4.79 Å². The number of carbonyl (C=O) groups is 1. The standard InChI is InChI=1S/C16H15N3O3.C2H6/c1-9-7-8-17-15(21-2)12(9)14-18-11-6-4-5-10(13(11)19-14)16(20)22-3;1-2/h4-8H,1-3H3,(H,18,19);1-2H3. The highest BCUT2D eigenvalue weighted by Crippen LogP contribution is 2.31. The fourth-order valence-corrected chi connectivity index (χ4v) is 2.40. The van der Waals surface area contributed by atoms with E-state index in [-0.39, 0.29) is 0 Å². The minimum absolute atomic E-state index is 0.418. The second-order valence-electron chi connectivity index (χ2n) is 4.79. The first kappa shape index (κ1) is 17.5. The molecule has 0 aliphatic rings. The van der Waals surface area contributed by atoms with Crippen LogP contribution in [0.2, 0.25) is 0 Å². The molecule has 1 aromatic carbocycles. The van der Waals surface area contributed by atoms with E-state index < -0.39 is 5.97 Å². The molecule has 0 aliphatic heterocycles. The number of methoxy groups -OCH3 is 2. The van der Waals surface area contributed by atoms with Crippen molar-refractivity contribution in [2.24, 2.45) is 0 Å². The van der Waals surface area contributed by atoms with Crippen LogP contribution in [0.1, 0.15) is 29.8 Å². The molecule has 0 amide bonds. The zero-order valence-electron chi connectivity index (χ0n) is 14.5. The van der Waals surface area contributed by atoms with E-state index in [2.05, 4.69) is 15.0 Å². The minimum Gasteiger partial charge on any atom is -0.480 e. The van der Waals surface area contributed by atoms with Crippen molar-refractivity contribution in [2.45, 2.75) is 20.8 Å². The van der Waals surface area contributed by atoms with Crippen molar-refractivity contribution in [3.63, 3.8) is 0 Å². The summed E-state index contributed by atoms with van der Waals surface area (Å²) in [6.07, 6.45) is 1.68. The Morgan fingerprint density at radius 1 is 1.17 bits per heavy atom. The summed E-state index contributed by atoms with van der Waals surface area (Å²) < 4.78 is 10.1. The third kappa shape index (κ3) is 3.08. The Labute approximate surface area is 140 Å². The maximum atomic E-state index is 11.9. The molecule has 0 radical (unpaired) electrons. The van der Waals surface area contributed by atoms with E-state index in [1.54, 1.807) is 25.4 Å². The third-order valence-corrected chi connectivity index (χ3v) is 3.47. The van der Waals surface area contributed by atoms with Gasteiger partial charge in [0.2, 0.25) is 5.88 Å². The van der Waals surface area contributed by atoms with Crippen molar-refractivity contribution in [1.82, 2.24) is 15.0 Å². The Bertz CT molecular complexity index is 856. The molecule has 126 valence electrons. The highest BCUT2D eigenvalue weighted by atomic mass is 16.5. The van der Waals surface area contributed by atoms with Gasteiger partial charge in [0.25, 0.3) is 0 Å². The van der Waals surface area contributed by atoms with Gasteiger partial charge in [0.15, 0.2) is 0 Å². The van der Waals surface area contributed by atoms with Gasteiger partial charge in [-0.25, -0.2) is 14.8 Å². The van der Waals surface area contributed by atoms with Gasteiger partial charge in [-0.2, -0.15) is 0 Å². The maximum Gasteiger partial charge on any atom is 0.340 e. The number of carbonyl (C=O) groups excluding carboxylic acids is 1. The predicted octanol–water partition coefficient (Wildman–Crippen LogP) is 3.75. The quantitative estimate of drug-likeness (QED) is 0.741. The van der Waals surface area contributed by atoms with E-state index in [4.69, 9.17) is 9.47 Å². The van der Waals surface area contributed by atoms with Gasteiger partial charge in [0.05, 0.1) is 30.9 Å². The zero-order chi connectivity index (χ0) is 17.7. The fraction of sp³-hybridized carbons (Fsp3) is 0.278. The number of aryl methyl sites for hydroxylation is 1. The lowest BCUT2D eigenvalue weighted by Crippen LogP contribution is -2.01. The van der Waals surface area contributed by atoms with Crippen LogP contribution in [0.3, 0.4) is 0 Å². The van der Waals surface area contributed by atoms with Gasteiger partial charge in [0.1, 0.15) is 11.3 Å². The van der Waals surface area contributed by atoms with Crippen LogP contribution >= 0.6 is 0 Å². The molecule has 0 fully saturated rings. The number of rotatable bonds is 3. The highest BCUT2D eigenvalue weighted by Gasteiger charge is 2.18. The Kier molecular flexibility index (Phi) is 5.52. The van der Waals surface area contributed by atoms with Crippen LogP contribution in [0.4, 0.5) is 0 Å². The first-order valence-corrected chi connectivity index (χ1v) is 7.72. The summed E-state index contributed by atoms with van der Waals surface area (Å²) in [5, 5.41) is 0. The Morgan fingerprint density at radius 2 is 1.92 bits per heavy atom. The van der Waals surface area contributed by atoms with Crippen molar-refractivity contribution in [3.8, 4) is 17.3 Å². The summed E-state index contributed by atoms with van der Waals surface area (Å²) in [7, 11) is 2.91. The largest absolute Gasteiger partial charge is 0.480 e. The summed E-state index contributed by atoms with van der Waals surface area (Å²) in [5.41, 5.74) is 3.49. The molecule has 6 heteroatoms. The maximum absolute atomic E-state index is 11.9. The normalized spacial score (nSPS) is 10.0. The molecule has 2 heterocycles. The van der Waals surface area contributed by atoms with Crippen LogP contribution in [0.25, 0.3) is 22.4 Å². The SMILES string of the molecule is CC.COC(=O)c1cccc2[nH]c(-c3c(C)ccnc3OC)nc12. The van der Waals surface area contributed by atoms with Crippen LogP contribution < -0.4 is 4.74 Å². The van der Waals surface area contributed by atoms with Gasteiger partial charge in [0, 0.05) is 6.20 Å². The van der Waals surface area contributed by atoms with Crippen LogP contribution in [-0.4, -0.2) is 35.1 Å². The van der Waals surface area contributed by atoms with Gasteiger partial charge < -0.3 is 14.5 Å². The molecule has 0 unspecified atom stereocenters. The smallest absolute Gasteiger partial charge is 0.340 e. The molecule has 0 saturated heterocycles. The number of nitrogens with one attached hydrogen (secondary N) is 1. The molecule has 1 N–H and O–H groups in total. The summed E-state index contributed by atoms with van der Waals surface area (Å²) >= 11 is 0. The number of ether oxygens (including phenoxy) is 2. The van der Waals surface area contributed by atoms with Gasteiger partial charge in [-0.1, -0.05) is 19.9 Å². The molecular formula is C18H21N3O3. The number of hydrogen-bond donors (Lipinski definition) is 1. The first-order valence-electron chi connectivity index (χ1n) is 7.72. The number of aromatic amines is 1. The van der Waals surface area contributed by atoms with E-state index in [1.165, 1.54) is 7.11 Å². The number of pyridine rings is 1. The van der Waals surface area contributed by atoms with Crippen molar-refractivity contribution >= 4 is 17.0 Å². The van der Waals surface area contributed by atoms with Gasteiger partial charge in [-0.05, 0) is 30.7 Å². The summed E-state index contributed by atoms with van der Waals surface area (Å²) in [5.74, 6) is 0.672. The first-order chi connectivity index (χ1) is 11.7. The number of para-hydroxylation sites is 1. The number of fused-ring (bicyclic) bond motifs is 1. The minimum atomic E-state index is -0.418. The topological polar surface area (TPSA) is 77.1 Å². The number of H-pyrrole nitrogens is 1. The number of benzene rings is 1. The van der Waals surface area contributed by atoms with Crippen LogP contribution in [0, 0.1) is 6.92 Å². The number of nitrogens with zero attached hydrogens (tertiary/aromatic N) is 2. The number of imidazole rings is 1. The summed E-state index contributed by atoms with van der Waals surface area (Å²) in [6, 6.07) is 7.21. The molecular weight excluding hydrogens is 306 g/mol. The molecule has 0 saturated carbocycles. The van der Waals surface area contributed by atoms with Gasteiger partial charge in [-0.3, -0.25) is 0 Å². The van der Waals surface area contributed by atoms with Crippen molar-refractivity contribution in [3.05, 3.63) is 41.6 Å². The van der Waals surface area contributed by atoms with Crippen molar-refractivity contribution < 1.29 is 14.3 Å². The lowest BCUT2D eigenvalue weighted by Gasteiger charge is -2.07. The Balaban J connectivity index is 0.00000100. The highest BCUT2D eigenvalue weighted by molar-refractivity contribution is 6.02. The van der Waals surface area contributed by atoms with Crippen LogP contribution in [0.15, 0.2) is 30.5 Å². The van der Waals surface area contributed by atoms with E-state index in [1.807, 2.05) is 32.9 Å². The second-order valence-corrected chi connectivity index (χ2v) is 4.79. The Hall–Kier alpha value is -2.89. The van der Waals surface area contributed by atoms with Gasteiger partial charge >= 0.3 is 5.97 Å². The predicted molar refractivity (Wildman–Crippen MR) is 93.3 cm³/mol. The lowest BCUT2D eigenvalue weighted by molar-refractivity contribution is 0.0603. The van der Waals surface area contributed by atoms with E-state index >= 15 is 0 Å². The van der Waals surface area contributed by atoms with Crippen LogP contribution in [-0.2, 0) is 4.74 Å². The molecule has 2 aromatic heterocycles. The molecule has 0 atom stereocenters. The molecule has 0 bridgehead atoms. The molecule has 3 aromatic rings. The number of hydrogen-bond acceptors (Lipinski definition) is 5. The number of esters is 1. The van der Waals surface area contributed by atoms with E-state index in [0.717, 1.165) is 16.6 Å². The zero-order valence-corrected chi connectivity index (χ0v) is 14.5. The average molecular weight is 327 g/mol. The fourth-order valence-electron chi connectivity index (χ4n) is 2.40. The third-order valence-electron chi connectivity index (χ3n) is 3.47.